The van der Waals surface area contributed by atoms with E-state index < -0.39 is 8.07 Å². The predicted octanol–water partition coefficient (Wildman–Crippen LogP) is 3.64. The van der Waals surface area contributed by atoms with E-state index in [9.17, 15) is 4.79 Å². The van der Waals surface area contributed by atoms with Crippen LogP contribution in [-0.2, 0) is 4.79 Å². The highest BCUT2D eigenvalue weighted by Gasteiger charge is 2.38. The van der Waals surface area contributed by atoms with Crippen LogP contribution < -0.4 is 0 Å². The molecule has 0 saturated carbocycles. The Kier molecular flexibility index (Phi) is 4.10. The van der Waals surface area contributed by atoms with Crippen molar-refractivity contribution < 1.29 is 4.79 Å². The maximum Gasteiger partial charge on any atom is 0.142 e. The molecule has 0 aromatic rings. The molecular weight excluding hydrogens is 176 g/mol. The number of hydrogen-bond donors (Lipinski definition) is 0. The highest BCUT2D eigenvalue weighted by Crippen LogP contribution is 2.43. The normalized spacial score (nSPS) is 16.2. The Bertz CT molecular complexity index is 199. The van der Waals surface area contributed by atoms with E-state index in [1.165, 1.54) is 0 Å². The van der Waals surface area contributed by atoms with E-state index in [0.29, 0.717) is 10.6 Å². The van der Waals surface area contributed by atoms with E-state index in [1.54, 1.807) is 6.08 Å². The number of carbonyl (C=O) groups excluding carboxylic acids is 1. The fourth-order valence-corrected chi connectivity index (χ4v) is 3.09. The second-order valence-electron chi connectivity index (χ2n) is 5.28. The third-order valence-electron chi connectivity index (χ3n) is 3.55. The van der Waals surface area contributed by atoms with Gasteiger partial charge in [0.15, 0.2) is 0 Å². The summed E-state index contributed by atoms with van der Waals surface area (Å²) in [5, 5.41) is 0.389. The van der Waals surface area contributed by atoms with Crippen molar-refractivity contribution in [2.24, 2.45) is 0 Å². The van der Waals surface area contributed by atoms with Crippen molar-refractivity contribution in [2.75, 3.05) is 0 Å². The van der Waals surface area contributed by atoms with E-state index in [1.807, 2.05) is 6.08 Å². The van der Waals surface area contributed by atoms with Crippen LogP contribution in [0, 0.1) is 0 Å². The van der Waals surface area contributed by atoms with Gasteiger partial charge in [-0.25, -0.2) is 0 Å². The van der Waals surface area contributed by atoms with Gasteiger partial charge in [-0.2, -0.15) is 0 Å². The standard InChI is InChI=1S/C11H22OSi/c1-10(8-7-9-12)13(5,6)11(2,3)4/h7-10H,1-6H3/b8-7+. The summed E-state index contributed by atoms with van der Waals surface area (Å²) >= 11 is 0. The first-order chi connectivity index (χ1) is 5.73. The number of hydrogen-bond acceptors (Lipinski definition) is 1. The summed E-state index contributed by atoms with van der Waals surface area (Å²) in [4.78, 5) is 10.2. The molecular formula is C11H22OSi. The highest BCUT2D eigenvalue weighted by atomic mass is 28.3. The smallest absolute Gasteiger partial charge is 0.142 e. The lowest BCUT2D eigenvalue weighted by atomic mass is 10.2. The van der Waals surface area contributed by atoms with Gasteiger partial charge in [0.05, 0.1) is 8.07 Å². The Labute approximate surface area is 83.2 Å². The lowest BCUT2D eigenvalue weighted by Crippen LogP contribution is -2.40. The van der Waals surface area contributed by atoms with Crippen LogP contribution in [0.1, 0.15) is 27.7 Å². The second-order valence-corrected chi connectivity index (χ2v) is 11.1. The number of allylic oxidation sites excluding steroid dienone is 2. The average Bonchev–Trinajstić information content (AvgIpc) is 1.97. The topological polar surface area (TPSA) is 17.1 Å². The molecule has 0 spiro atoms. The van der Waals surface area contributed by atoms with Gasteiger partial charge >= 0.3 is 0 Å². The van der Waals surface area contributed by atoms with Gasteiger partial charge in [0.2, 0.25) is 0 Å². The first kappa shape index (κ1) is 12.6. The number of carbonyl (C=O) groups is 1. The third kappa shape index (κ3) is 3.11. The molecule has 0 amide bonds. The summed E-state index contributed by atoms with van der Waals surface area (Å²) in [6.07, 6.45) is 4.54. The zero-order valence-corrected chi connectivity index (χ0v) is 10.7. The minimum absolute atomic E-state index is 0.389. The van der Waals surface area contributed by atoms with Crippen LogP contribution in [-0.4, -0.2) is 14.4 Å². The molecule has 0 aliphatic rings. The van der Waals surface area contributed by atoms with Crippen LogP contribution in [0.4, 0.5) is 0 Å². The van der Waals surface area contributed by atoms with E-state index in [4.69, 9.17) is 0 Å². The first-order valence-electron chi connectivity index (χ1n) is 4.85. The SMILES string of the molecule is CC(/C=C/C=O)[Si](C)(C)C(C)(C)C. The van der Waals surface area contributed by atoms with Crippen molar-refractivity contribution >= 4 is 14.4 Å². The molecule has 0 saturated heterocycles. The largest absolute Gasteiger partial charge is 0.299 e. The molecule has 1 atom stereocenters. The van der Waals surface area contributed by atoms with Crippen molar-refractivity contribution in [1.29, 1.82) is 0 Å². The van der Waals surface area contributed by atoms with Crippen molar-refractivity contribution in [3.8, 4) is 0 Å². The quantitative estimate of drug-likeness (QED) is 0.384. The van der Waals surface area contributed by atoms with Gasteiger partial charge in [0.25, 0.3) is 0 Å². The van der Waals surface area contributed by atoms with Crippen LogP contribution in [0.5, 0.6) is 0 Å². The van der Waals surface area contributed by atoms with Crippen LogP contribution in [0.15, 0.2) is 12.2 Å². The van der Waals surface area contributed by atoms with E-state index >= 15 is 0 Å². The van der Waals surface area contributed by atoms with Crippen LogP contribution in [0.25, 0.3) is 0 Å². The molecule has 13 heavy (non-hydrogen) atoms. The van der Waals surface area contributed by atoms with Gasteiger partial charge in [-0.1, -0.05) is 46.9 Å². The van der Waals surface area contributed by atoms with Crippen LogP contribution >= 0.6 is 0 Å². The monoisotopic (exact) mass is 198 g/mol. The zero-order chi connectivity index (χ0) is 10.7. The molecule has 76 valence electrons. The van der Waals surface area contributed by atoms with Gasteiger partial charge < -0.3 is 0 Å². The Morgan fingerprint density at radius 2 is 1.69 bits per heavy atom. The predicted molar refractivity (Wildman–Crippen MR) is 61.8 cm³/mol. The number of aldehydes is 1. The molecule has 0 aliphatic carbocycles. The highest BCUT2D eigenvalue weighted by molar-refractivity contribution is 6.81. The first-order valence-corrected chi connectivity index (χ1v) is 7.93. The fraction of sp³-hybridized carbons (Fsp3) is 0.727. The average molecular weight is 198 g/mol. The minimum Gasteiger partial charge on any atom is -0.299 e. The van der Waals surface area contributed by atoms with Crippen molar-refractivity contribution in [3.63, 3.8) is 0 Å². The Morgan fingerprint density at radius 1 is 1.23 bits per heavy atom. The zero-order valence-electron chi connectivity index (χ0n) is 9.72. The number of rotatable bonds is 3. The molecule has 0 heterocycles. The van der Waals surface area contributed by atoms with Crippen molar-refractivity contribution in [2.45, 2.75) is 51.4 Å². The van der Waals surface area contributed by atoms with Crippen molar-refractivity contribution in [3.05, 3.63) is 12.2 Å². The minimum atomic E-state index is -1.29. The Morgan fingerprint density at radius 3 is 2.00 bits per heavy atom. The molecule has 1 unspecified atom stereocenters. The summed E-state index contributed by atoms with van der Waals surface area (Å²) in [5.74, 6) is 0. The van der Waals surface area contributed by atoms with Gasteiger partial charge in [0, 0.05) is 0 Å². The third-order valence-corrected chi connectivity index (χ3v) is 9.88. The molecule has 0 fully saturated rings. The molecule has 0 aromatic carbocycles. The van der Waals surface area contributed by atoms with E-state index in [0.717, 1.165) is 6.29 Å². The molecule has 0 aliphatic heterocycles. The summed E-state index contributed by atoms with van der Waals surface area (Å²) in [6, 6.07) is 0. The summed E-state index contributed by atoms with van der Waals surface area (Å²) < 4.78 is 0. The molecule has 0 aromatic heterocycles. The molecule has 0 radical (unpaired) electrons. The lowest BCUT2D eigenvalue weighted by molar-refractivity contribution is -0.104. The van der Waals surface area contributed by atoms with Crippen LogP contribution in [0.3, 0.4) is 0 Å². The molecule has 0 bridgehead atoms. The summed E-state index contributed by atoms with van der Waals surface area (Å²) in [7, 11) is -1.29. The molecule has 0 N–H and O–H groups in total. The summed E-state index contributed by atoms with van der Waals surface area (Å²) in [6.45, 7) is 13.9. The Hall–Kier alpha value is -0.373. The molecule has 0 rings (SSSR count). The van der Waals surface area contributed by atoms with Gasteiger partial charge in [-0.15, -0.1) is 0 Å². The Balaban J connectivity index is 4.63. The van der Waals surface area contributed by atoms with Crippen LogP contribution in [0.2, 0.25) is 23.7 Å². The maximum atomic E-state index is 10.2. The van der Waals surface area contributed by atoms with E-state index in [-0.39, 0.29) is 0 Å². The van der Waals surface area contributed by atoms with Crippen molar-refractivity contribution in [1.82, 2.24) is 0 Å². The van der Waals surface area contributed by atoms with E-state index in [2.05, 4.69) is 40.8 Å². The second kappa shape index (κ2) is 4.23. The van der Waals surface area contributed by atoms with Gasteiger partial charge in [-0.3, -0.25) is 4.79 Å². The molecule has 1 nitrogen and oxygen atoms in total. The lowest BCUT2D eigenvalue weighted by Gasteiger charge is -2.40. The van der Waals surface area contributed by atoms with Gasteiger partial charge in [-0.05, 0) is 16.7 Å². The molecule has 2 heteroatoms. The maximum absolute atomic E-state index is 10.2. The van der Waals surface area contributed by atoms with Gasteiger partial charge in [0.1, 0.15) is 6.29 Å². The summed E-state index contributed by atoms with van der Waals surface area (Å²) in [5.41, 5.74) is 0.553. The fourth-order valence-electron chi connectivity index (χ4n) is 1.14.